The first kappa shape index (κ1) is 12.8. The number of rotatable bonds is 5. The highest BCUT2D eigenvalue weighted by atomic mass is 16.5. The highest BCUT2D eigenvalue weighted by Gasteiger charge is 2.05. The van der Waals surface area contributed by atoms with Gasteiger partial charge in [0.15, 0.2) is 0 Å². The van der Waals surface area contributed by atoms with Crippen LogP contribution < -0.4 is 10.1 Å². The molecule has 0 atom stereocenters. The Labute approximate surface area is 108 Å². The minimum Gasteiger partial charge on any atom is -0.493 e. The average molecular weight is 245 g/mol. The SMILES string of the molecule is CC(=O)CCOc1ccc(C2=CCNCC2)cc1. The summed E-state index contributed by atoms with van der Waals surface area (Å²) in [6.45, 7) is 4.03. The van der Waals surface area contributed by atoms with Crippen LogP contribution in [0.15, 0.2) is 30.3 Å². The quantitative estimate of drug-likeness (QED) is 0.865. The van der Waals surface area contributed by atoms with Crippen LogP contribution in [0.3, 0.4) is 0 Å². The van der Waals surface area contributed by atoms with Crippen molar-refractivity contribution in [3.8, 4) is 5.75 Å². The Morgan fingerprint density at radius 3 is 2.72 bits per heavy atom. The predicted octanol–water partition coefficient (Wildman–Crippen LogP) is 2.42. The van der Waals surface area contributed by atoms with E-state index in [0.29, 0.717) is 13.0 Å². The van der Waals surface area contributed by atoms with E-state index in [0.717, 1.165) is 25.3 Å². The zero-order valence-corrected chi connectivity index (χ0v) is 10.7. The van der Waals surface area contributed by atoms with Crippen molar-refractivity contribution in [2.45, 2.75) is 19.8 Å². The topological polar surface area (TPSA) is 38.3 Å². The van der Waals surface area contributed by atoms with Crippen LogP contribution in [0.5, 0.6) is 5.75 Å². The minimum atomic E-state index is 0.159. The van der Waals surface area contributed by atoms with Gasteiger partial charge in [-0.05, 0) is 43.2 Å². The Balaban J connectivity index is 1.92. The molecule has 0 aliphatic carbocycles. The van der Waals surface area contributed by atoms with E-state index >= 15 is 0 Å². The zero-order chi connectivity index (χ0) is 12.8. The highest BCUT2D eigenvalue weighted by molar-refractivity contribution is 5.75. The third-order valence-electron chi connectivity index (χ3n) is 3.01. The van der Waals surface area contributed by atoms with E-state index in [9.17, 15) is 4.79 Å². The molecule has 96 valence electrons. The lowest BCUT2D eigenvalue weighted by Gasteiger charge is -2.14. The number of hydrogen-bond acceptors (Lipinski definition) is 3. The highest BCUT2D eigenvalue weighted by Crippen LogP contribution is 2.22. The number of hydrogen-bond donors (Lipinski definition) is 1. The van der Waals surface area contributed by atoms with Gasteiger partial charge in [0.2, 0.25) is 0 Å². The summed E-state index contributed by atoms with van der Waals surface area (Å²) in [7, 11) is 0. The van der Waals surface area contributed by atoms with Crippen LogP contribution in [-0.2, 0) is 4.79 Å². The van der Waals surface area contributed by atoms with Gasteiger partial charge in [-0.25, -0.2) is 0 Å². The number of Topliss-reactive ketones (excluding diaryl/α,β-unsaturated/α-hetero) is 1. The van der Waals surface area contributed by atoms with Crippen LogP contribution in [0.4, 0.5) is 0 Å². The van der Waals surface area contributed by atoms with E-state index in [2.05, 4.69) is 23.5 Å². The van der Waals surface area contributed by atoms with Crippen LogP contribution in [0.2, 0.25) is 0 Å². The molecule has 0 bridgehead atoms. The second-order valence-corrected chi connectivity index (χ2v) is 4.51. The number of carbonyl (C=O) groups excluding carboxylic acids is 1. The Morgan fingerprint density at radius 1 is 1.33 bits per heavy atom. The second kappa shape index (κ2) is 6.36. The molecule has 0 spiro atoms. The summed E-state index contributed by atoms with van der Waals surface area (Å²) in [6, 6.07) is 8.11. The molecule has 0 amide bonds. The fraction of sp³-hybridized carbons (Fsp3) is 0.400. The average Bonchev–Trinajstić information content (AvgIpc) is 2.40. The van der Waals surface area contributed by atoms with Crippen LogP contribution in [0, 0.1) is 0 Å². The molecule has 1 heterocycles. The summed E-state index contributed by atoms with van der Waals surface area (Å²) in [5.74, 6) is 0.987. The smallest absolute Gasteiger partial charge is 0.133 e. The molecule has 0 unspecified atom stereocenters. The zero-order valence-electron chi connectivity index (χ0n) is 10.7. The molecular formula is C15H19NO2. The Morgan fingerprint density at radius 2 is 2.11 bits per heavy atom. The Kier molecular flexibility index (Phi) is 4.53. The standard InChI is InChI=1S/C15H19NO2/c1-12(17)8-11-18-15-4-2-13(3-5-15)14-6-9-16-10-7-14/h2-6,16H,7-11H2,1H3. The van der Waals surface area contributed by atoms with Crippen molar-refractivity contribution in [1.29, 1.82) is 0 Å². The molecule has 1 N–H and O–H groups in total. The van der Waals surface area contributed by atoms with Crippen molar-refractivity contribution in [2.75, 3.05) is 19.7 Å². The molecule has 1 aromatic carbocycles. The fourth-order valence-corrected chi connectivity index (χ4v) is 1.96. The van der Waals surface area contributed by atoms with Crippen LogP contribution in [-0.4, -0.2) is 25.5 Å². The van der Waals surface area contributed by atoms with Crippen molar-refractivity contribution in [3.63, 3.8) is 0 Å². The van der Waals surface area contributed by atoms with Gasteiger partial charge in [0.05, 0.1) is 6.61 Å². The van der Waals surface area contributed by atoms with Crippen molar-refractivity contribution in [2.24, 2.45) is 0 Å². The molecule has 3 nitrogen and oxygen atoms in total. The van der Waals surface area contributed by atoms with Crippen molar-refractivity contribution in [1.82, 2.24) is 5.32 Å². The van der Waals surface area contributed by atoms with Crippen molar-refractivity contribution < 1.29 is 9.53 Å². The molecule has 0 fully saturated rings. The van der Waals surface area contributed by atoms with Gasteiger partial charge in [-0.1, -0.05) is 18.2 Å². The van der Waals surface area contributed by atoms with Gasteiger partial charge in [0.25, 0.3) is 0 Å². The molecule has 18 heavy (non-hydrogen) atoms. The summed E-state index contributed by atoms with van der Waals surface area (Å²) < 4.78 is 5.51. The molecule has 0 aromatic heterocycles. The summed E-state index contributed by atoms with van der Waals surface area (Å²) in [5.41, 5.74) is 2.65. The van der Waals surface area contributed by atoms with Gasteiger partial charge < -0.3 is 10.1 Å². The first-order chi connectivity index (χ1) is 8.75. The lowest BCUT2D eigenvalue weighted by Crippen LogP contribution is -2.19. The van der Waals surface area contributed by atoms with Gasteiger partial charge in [0, 0.05) is 13.0 Å². The maximum atomic E-state index is 10.8. The lowest BCUT2D eigenvalue weighted by atomic mass is 10.0. The number of nitrogens with one attached hydrogen (secondary N) is 1. The van der Waals surface area contributed by atoms with Gasteiger partial charge in [-0.15, -0.1) is 0 Å². The van der Waals surface area contributed by atoms with Gasteiger partial charge in [-0.2, -0.15) is 0 Å². The summed E-state index contributed by atoms with van der Waals surface area (Å²) in [4.78, 5) is 10.8. The summed E-state index contributed by atoms with van der Waals surface area (Å²) in [5, 5.41) is 3.30. The third-order valence-corrected chi connectivity index (χ3v) is 3.01. The monoisotopic (exact) mass is 245 g/mol. The molecule has 0 radical (unpaired) electrons. The van der Waals surface area contributed by atoms with E-state index < -0.39 is 0 Å². The lowest BCUT2D eigenvalue weighted by molar-refractivity contribution is -0.117. The summed E-state index contributed by atoms with van der Waals surface area (Å²) >= 11 is 0. The molecule has 1 aliphatic rings. The maximum absolute atomic E-state index is 10.8. The second-order valence-electron chi connectivity index (χ2n) is 4.51. The number of ether oxygens (including phenoxy) is 1. The minimum absolute atomic E-state index is 0.159. The molecule has 1 aliphatic heterocycles. The van der Waals surface area contributed by atoms with Crippen molar-refractivity contribution >= 4 is 11.4 Å². The van der Waals surface area contributed by atoms with E-state index in [1.807, 2.05) is 12.1 Å². The Hall–Kier alpha value is -1.61. The summed E-state index contributed by atoms with van der Waals surface area (Å²) in [6.07, 6.45) is 3.78. The largest absolute Gasteiger partial charge is 0.493 e. The van der Waals surface area contributed by atoms with E-state index in [4.69, 9.17) is 4.74 Å². The number of carbonyl (C=O) groups is 1. The maximum Gasteiger partial charge on any atom is 0.133 e. The molecule has 3 heteroatoms. The van der Waals surface area contributed by atoms with Gasteiger partial charge >= 0.3 is 0 Å². The van der Waals surface area contributed by atoms with E-state index in [1.165, 1.54) is 11.1 Å². The van der Waals surface area contributed by atoms with Gasteiger partial charge in [-0.3, -0.25) is 4.79 Å². The van der Waals surface area contributed by atoms with E-state index in [1.54, 1.807) is 6.92 Å². The molecule has 2 rings (SSSR count). The number of benzene rings is 1. The van der Waals surface area contributed by atoms with Gasteiger partial charge in [0.1, 0.15) is 11.5 Å². The fourth-order valence-electron chi connectivity index (χ4n) is 1.96. The van der Waals surface area contributed by atoms with Crippen LogP contribution >= 0.6 is 0 Å². The third kappa shape index (κ3) is 3.70. The number of ketones is 1. The van der Waals surface area contributed by atoms with Crippen molar-refractivity contribution in [3.05, 3.63) is 35.9 Å². The predicted molar refractivity (Wildman–Crippen MR) is 72.7 cm³/mol. The van der Waals surface area contributed by atoms with Crippen LogP contribution in [0.25, 0.3) is 5.57 Å². The normalized spacial score (nSPS) is 15.1. The molecule has 0 saturated carbocycles. The molecule has 0 saturated heterocycles. The Bertz CT molecular complexity index is 434. The van der Waals surface area contributed by atoms with Crippen LogP contribution in [0.1, 0.15) is 25.3 Å². The first-order valence-electron chi connectivity index (χ1n) is 6.38. The first-order valence-corrected chi connectivity index (χ1v) is 6.38. The molecule has 1 aromatic rings. The molecular weight excluding hydrogens is 226 g/mol. The van der Waals surface area contributed by atoms with E-state index in [-0.39, 0.29) is 5.78 Å².